The lowest BCUT2D eigenvalue weighted by molar-refractivity contribution is 0.0589. The Bertz CT molecular complexity index is 1000. The number of esters is 1. The van der Waals surface area contributed by atoms with E-state index in [0.29, 0.717) is 17.8 Å². The summed E-state index contributed by atoms with van der Waals surface area (Å²) in [7, 11) is 2.89. The van der Waals surface area contributed by atoms with Crippen LogP contribution in [0.15, 0.2) is 36.5 Å². The predicted octanol–water partition coefficient (Wildman–Crippen LogP) is 2.32. The van der Waals surface area contributed by atoms with Crippen molar-refractivity contribution in [3.63, 3.8) is 0 Å². The second-order valence-electron chi connectivity index (χ2n) is 6.26. The van der Waals surface area contributed by atoms with Crippen molar-refractivity contribution < 1.29 is 14.3 Å². The van der Waals surface area contributed by atoms with E-state index in [-0.39, 0.29) is 11.6 Å². The highest BCUT2D eigenvalue weighted by Crippen LogP contribution is 2.17. The topological polar surface area (TPSA) is 91.0 Å². The van der Waals surface area contributed by atoms with Gasteiger partial charge in [-0.3, -0.25) is 14.2 Å². The normalized spacial score (nSPS) is 10.7. The van der Waals surface area contributed by atoms with Gasteiger partial charge in [0.2, 0.25) is 0 Å². The van der Waals surface area contributed by atoms with Crippen LogP contribution < -0.4 is 5.32 Å². The highest BCUT2D eigenvalue weighted by molar-refractivity contribution is 6.07. The van der Waals surface area contributed by atoms with Gasteiger partial charge in [0.05, 0.1) is 31.2 Å². The van der Waals surface area contributed by atoms with Gasteiger partial charge in [-0.2, -0.15) is 10.2 Å². The highest BCUT2D eigenvalue weighted by atomic mass is 16.5. The molecule has 3 rings (SSSR count). The van der Waals surface area contributed by atoms with Gasteiger partial charge < -0.3 is 10.1 Å². The van der Waals surface area contributed by atoms with Crippen LogP contribution in [-0.4, -0.2) is 38.5 Å². The number of ether oxygens (including phenoxy) is 1. The third-order valence-electron chi connectivity index (χ3n) is 4.19. The fourth-order valence-corrected chi connectivity index (χ4v) is 2.88. The maximum absolute atomic E-state index is 12.6. The summed E-state index contributed by atoms with van der Waals surface area (Å²) in [6, 6.07) is 9.29. The standard InChI is InChI=1S/C19H21N5O3/c1-12-8-13(2)24(22-12)11-14-6-5-7-15(9-14)18(25)21-16-10-20-23(3)17(16)19(26)27-4/h5-10H,11H2,1-4H3,(H,21,25). The first-order chi connectivity index (χ1) is 12.9. The van der Waals surface area contributed by atoms with Crippen molar-refractivity contribution in [2.75, 3.05) is 12.4 Å². The Balaban J connectivity index is 1.80. The van der Waals surface area contributed by atoms with Crippen molar-refractivity contribution in [2.24, 2.45) is 7.05 Å². The average molecular weight is 367 g/mol. The number of benzene rings is 1. The molecule has 0 bridgehead atoms. The molecule has 0 aliphatic heterocycles. The molecule has 1 N–H and O–H groups in total. The van der Waals surface area contributed by atoms with E-state index < -0.39 is 5.97 Å². The molecule has 0 saturated heterocycles. The van der Waals surface area contributed by atoms with Gasteiger partial charge in [-0.15, -0.1) is 0 Å². The fraction of sp³-hybridized carbons (Fsp3) is 0.263. The van der Waals surface area contributed by atoms with Crippen LogP contribution >= 0.6 is 0 Å². The predicted molar refractivity (Wildman–Crippen MR) is 99.7 cm³/mol. The SMILES string of the molecule is COC(=O)c1c(NC(=O)c2cccc(Cn3nc(C)cc3C)c2)cnn1C. The minimum atomic E-state index is -0.566. The Morgan fingerprint density at radius 2 is 2.00 bits per heavy atom. The van der Waals surface area contributed by atoms with Crippen molar-refractivity contribution in [3.05, 3.63) is 64.7 Å². The number of nitrogens with one attached hydrogen (secondary N) is 1. The van der Waals surface area contributed by atoms with Gasteiger partial charge in [0.15, 0.2) is 5.69 Å². The molecule has 2 aromatic heterocycles. The zero-order chi connectivity index (χ0) is 19.6. The van der Waals surface area contributed by atoms with E-state index >= 15 is 0 Å². The van der Waals surface area contributed by atoms with Crippen LogP contribution in [0.2, 0.25) is 0 Å². The second-order valence-corrected chi connectivity index (χ2v) is 6.26. The van der Waals surface area contributed by atoms with E-state index in [4.69, 9.17) is 4.74 Å². The van der Waals surface area contributed by atoms with Gasteiger partial charge >= 0.3 is 5.97 Å². The Morgan fingerprint density at radius 1 is 1.22 bits per heavy atom. The average Bonchev–Trinajstić information content (AvgIpc) is 3.16. The molecule has 1 amide bonds. The molecule has 140 valence electrons. The van der Waals surface area contributed by atoms with Gasteiger partial charge in [-0.25, -0.2) is 4.79 Å². The molecule has 0 unspecified atom stereocenters. The lowest BCUT2D eigenvalue weighted by atomic mass is 10.1. The first-order valence-electron chi connectivity index (χ1n) is 8.40. The quantitative estimate of drug-likeness (QED) is 0.699. The summed E-state index contributed by atoms with van der Waals surface area (Å²) in [4.78, 5) is 24.5. The molecule has 0 aliphatic rings. The van der Waals surface area contributed by atoms with Crippen molar-refractivity contribution in [1.29, 1.82) is 0 Å². The number of rotatable bonds is 5. The smallest absolute Gasteiger partial charge is 0.358 e. The zero-order valence-electron chi connectivity index (χ0n) is 15.7. The van der Waals surface area contributed by atoms with Crippen molar-refractivity contribution in [2.45, 2.75) is 20.4 Å². The van der Waals surface area contributed by atoms with Crippen LogP contribution in [0.1, 0.15) is 37.8 Å². The Labute approximate surface area is 156 Å². The van der Waals surface area contributed by atoms with Crippen molar-refractivity contribution in [3.8, 4) is 0 Å². The lowest BCUT2D eigenvalue weighted by Crippen LogP contribution is -2.16. The van der Waals surface area contributed by atoms with E-state index in [1.165, 1.54) is 18.0 Å². The first kappa shape index (κ1) is 18.4. The molecular formula is C19H21N5O3. The molecule has 0 saturated carbocycles. The number of aryl methyl sites for hydroxylation is 3. The summed E-state index contributed by atoms with van der Waals surface area (Å²) < 4.78 is 7.99. The van der Waals surface area contributed by atoms with Crippen LogP contribution in [-0.2, 0) is 18.3 Å². The molecule has 0 fully saturated rings. The number of nitrogens with zero attached hydrogens (tertiary/aromatic N) is 4. The Morgan fingerprint density at radius 3 is 2.67 bits per heavy atom. The van der Waals surface area contributed by atoms with Crippen molar-refractivity contribution in [1.82, 2.24) is 19.6 Å². The van der Waals surface area contributed by atoms with Gasteiger partial charge in [0.25, 0.3) is 5.91 Å². The minimum Gasteiger partial charge on any atom is -0.464 e. The lowest BCUT2D eigenvalue weighted by Gasteiger charge is -2.09. The van der Waals surface area contributed by atoms with Crippen LogP contribution in [0.4, 0.5) is 5.69 Å². The van der Waals surface area contributed by atoms with Gasteiger partial charge in [-0.1, -0.05) is 12.1 Å². The van der Waals surface area contributed by atoms with Crippen LogP contribution in [0.5, 0.6) is 0 Å². The number of carbonyl (C=O) groups excluding carboxylic acids is 2. The summed E-state index contributed by atoms with van der Waals surface area (Å²) in [6.07, 6.45) is 1.42. The van der Waals surface area contributed by atoms with Crippen LogP contribution in [0.25, 0.3) is 0 Å². The molecule has 0 atom stereocenters. The monoisotopic (exact) mass is 367 g/mol. The summed E-state index contributed by atoms with van der Waals surface area (Å²) in [6.45, 7) is 4.51. The zero-order valence-corrected chi connectivity index (χ0v) is 15.7. The van der Waals surface area contributed by atoms with E-state index in [2.05, 4.69) is 15.5 Å². The fourth-order valence-electron chi connectivity index (χ4n) is 2.88. The molecule has 3 aromatic rings. The van der Waals surface area contributed by atoms with Gasteiger partial charge in [-0.05, 0) is 37.6 Å². The van der Waals surface area contributed by atoms with E-state index in [9.17, 15) is 9.59 Å². The number of anilines is 1. The van der Waals surface area contributed by atoms with E-state index in [0.717, 1.165) is 17.0 Å². The molecule has 8 nitrogen and oxygen atoms in total. The highest BCUT2D eigenvalue weighted by Gasteiger charge is 2.19. The number of hydrogen-bond acceptors (Lipinski definition) is 5. The second kappa shape index (κ2) is 7.45. The molecule has 8 heteroatoms. The Hall–Kier alpha value is -3.42. The van der Waals surface area contributed by atoms with Crippen molar-refractivity contribution >= 4 is 17.6 Å². The largest absolute Gasteiger partial charge is 0.464 e. The molecular weight excluding hydrogens is 346 g/mol. The van der Waals surface area contributed by atoms with E-state index in [1.54, 1.807) is 19.2 Å². The minimum absolute atomic E-state index is 0.185. The molecule has 0 aliphatic carbocycles. The van der Waals surface area contributed by atoms with E-state index in [1.807, 2.05) is 36.7 Å². The maximum Gasteiger partial charge on any atom is 0.358 e. The maximum atomic E-state index is 12.6. The third kappa shape index (κ3) is 3.89. The number of methoxy groups -OCH3 is 1. The molecule has 0 radical (unpaired) electrons. The summed E-state index contributed by atoms with van der Waals surface area (Å²) in [5.41, 5.74) is 3.93. The summed E-state index contributed by atoms with van der Waals surface area (Å²) >= 11 is 0. The van der Waals surface area contributed by atoms with Crippen LogP contribution in [0.3, 0.4) is 0 Å². The summed E-state index contributed by atoms with van der Waals surface area (Å²) in [5.74, 6) is -0.896. The molecule has 1 aromatic carbocycles. The molecule has 0 spiro atoms. The number of hydrogen-bond donors (Lipinski definition) is 1. The van der Waals surface area contributed by atoms with Gasteiger partial charge in [0.1, 0.15) is 0 Å². The van der Waals surface area contributed by atoms with Crippen LogP contribution in [0, 0.1) is 13.8 Å². The Kier molecular flexibility index (Phi) is 5.07. The first-order valence-corrected chi connectivity index (χ1v) is 8.40. The molecule has 2 heterocycles. The number of carbonyl (C=O) groups is 2. The number of aromatic nitrogens is 4. The molecule has 27 heavy (non-hydrogen) atoms. The third-order valence-corrected chi connectivity index (χ3v) is 4.19. The number of amides is 1. The van der Waals surface area contributed by atoms with Gasteiger partial charge in [0, 0.05) is 18.3 Å². The summed E-state index contributed by atoms with van der Waals surface area (Å²) in [5, 5.41) is 11.2.